The summed E-state index contributed by atoms with van der Waals surface area (Å²) in [6, 6.07) is 10.9. The topological polar surface area (TPSA) is 114 Å². The van der Waals surface area contributed by atoms with Crippen LogP contribution in [0.5, 0.6) is 17.2 Å². The molecule has 2 aromatic carbocycles. The lowest BCUT2D eigenvalue weighted by Gasteiger charge is -2.31. The summed E-state index contributed by atoms with van der Waals surface area (Å²) in [6.07, 6.45) is 1.02. The van der Waals surface area contributed by atoms with Gasteiger partial charge in [0.15, 0.2) is 11.5 Å². The number of amides is 2. The van der Waals surface area contributed by atoms with Gasteiger partial charge in [-0.25, -0.2) is 8.42 Å². The minimum Gasteiger partial charge on any atom is -0.497 e. The van der Waals surface area contributed by atoms with Gasteiger partial charge >= 0.3 is 0 Å². The van der Waals surface area contributed by atoms with E-state index < -0.39 is 28.5 Å². The number of ether oxygens (including phenoxy) is 3. The van der Waals surface area contributed by atoms with Crippen molar-refractivity contribution in [2.75, 3.05) is 44.5 Å². The number of methoxy groups -OCH3 is 1. The zero-order valence-electron chi connectivity index (χ0n) is 19.6. The van der Waals surface area contributed by atoms with E-state index in [0.29, 0.717) is 30.5 Å². The highest BCUT2D eigenvalue weighted by Gasteiger charge is 2.30. The SMILES string of the molecule is CNC(=O)[C@H](C)N(Cc1ccc(OC)cc1)C(=O)CN(c1ccc2c(c1)OCCO2)S(C)(=O)=O. The second kappa shape index (κ2) is 10.6. The largest absolute Gasteiger partial charge is 0.497 e. The summed E-state index contributed by atoms with van der Waals surface area (Å²) in [6.45, 7) is 1.95. The third-order valence-corrected chi connectivity index (χ3v) is 6.56. The molecule has 1 heterocycles. The molecule has 184 valence electrons. The number of benzene rings is 2. The molecular weight excluding hydrogens is 462 g/mol. The molecule has 0 aliphatic carbocycles. The molecule has 0 aromatic heterocycles. The Morgan fingerprint density at radius 2 is 1.74 bits per heavy atom. The number of rotatable bonds is 9. The summed E-state index contributed by atoms with van der Waals surface area (Å²) in [5, 5.41) is 2.54. The van der Waals surface area contributed by atoms with E-state index in [1.807, 2.05) is 0 Å². The molecule has 0 radical (unpaired) electrons. The molecule has 1 atom stereocenters. The summed E-state index contributed by atoms with van der Waals surface area (Å²) in [4.78, 5) is 27.1. The molecule has 11 heteroatoms. The standard InChI is InChI=1S/C23H29N3O7S/c1-16(23(28)24-2)25(14-17-5-8-19(31-3)9-6-17)22(27)15-26(34(4,29)30)18-7-10-20-21(13-18)33-12-11-32-20/h5-10,13,16H,11-12,14-15H2,1-4H3,(H,24,28)/t16-/m0/s1. The van der Waals surface area contributed by atoms with Gasteiger partial charge in [0.25, 0.3) is 0 Å². The van der Waals surface area contributed by atoms with Gasteiger partial charge < -0.3 is 24.4 Å². The fraction of sp³-hybridized carbons (Fsp3) is 0.391. The van der Waals surface area contributed by atoms with Gasteiger partial charge in [0.1, 0.15) is 31.5 Å². The fourth-order valence-corrected chi connectivity index (χ4v) is 4.36. The zero-order valence-corrected chi connectivity index (χ0v) is 20.4. The van der Waals surface area contributed by atoms with Crippen LogP contribution in [0.3, 0.4) is 0 Å². The van der Waals surface area contributed by atoms with Gasteiger partial charge in [-0.15, -0.1) is 0 Å². The highest BCUT2D eigenvalue weighted by molar-refractivity contribution is 7.92. The van der Waals surface area contributed by atoms with E-state index in [2.05, 4.69) is 5.32 Å². The van der Waals surface area contributed by atoms with Gasteiger partial charge in [0.05, 0.1) is 19.1 Å². The van der Waals surface area contributed by atoms with Crippen LogP contribution in [0.15, 0.2) is 42.5 Å². The number of carbonyl (C=O) groups is 2. The maximum absolute atomic E-state index is 13.4. The first kappa shape index (κ1) is 25.2. The van der Waals surface area contributed by atoms with Crippen molar-refractivity contribution in [1.29, 1.82) is 0 Å². The van der Waals surface area contributed by atoms with Crippen LogP contribution in [0.25, 0.3) is 0 Å². The molecule has 0 bridgehead atoms. The van der Waals surface area contributed by atoms with Crippen LogP contribution in [0, 0.1) is 0 Å². The van der Waals surface area contributed by atoms with E-state index in [4.69, 9.17) is 14.2 Å². The molecule has 2 aromatic rings. The molecule has 3 rings (SSSR count). The third kappa shape index (κ3) is 5.90. The minimum atomic E-state index is -3.83. The smallest absolute Gasteiger partial charge is 0.244 e. The van der Waals surface area contributed by atoms with Crippen molar-refractivity contribution in [2.45, 2.75) is 19.5 Å². The number of carbonyl (C=O) groups excluding carboxylic acids is 2. The van der Waals surface area contributed by atoms with E-state index in [0.717, 1.165) is 16.1 Å². The number of sulfonamides is 1. The molecule has 0 unspecified atom stereocenters. The van der Waals surface area contributed by atoms with Crippen LogP contribution in [0.4, 0.5) is 5.69 Å². The lowest BCUT2D eigenvalue weighted by molar-refractivity contribution is -0.139. The first-order chi connectivity index (χ1) is 16.1. The second-order valence-electron chi connectivity index (χ2n) is 7.76. The van der Waals surface area contributed by atoms with Crippen molar-refractivity contribution in [2.24, 2.45) is 0 Å². The number of nitrogens with zero attached hydrogens (tertiary/aromatic N) is 2. The number of fused-ring (bicyclic) bond motifs is 1. The lowest BCUT2D eigenvalue weighted by Crippen LogP contribution is -2.50. The molecular formula is C23H29N3O7S. The summed E-state index contributed by atoms with van der Waals surface area (Å²) in [5.41, 5.74) is 1.02. The highest BCUT2D eigenvalue weighted by Crippen LogP contribution is 2.34. The number of hydrogen-bond acceptors (Lipinski definition) is 7. The van der Waals surface area contributed by atoms with Gasteiger partial charge in [-0.3, -0.25) is 13.9 Å². The van der Waals surface area contributed by atoms with Crippen LogP contribution in [0.2, 0.25) is 0 Å². The maximum Gasteiger partial charge on any atom is 0.244 e. The summed E-state index contributed by atoms with van der Waals surface area (Å²) >= 11 is 0. The predicted octanol–water partition coefficient (Wildman–Crippen LogP) is 1.40. The van der Waals surface area contributed by atoms with E-state index in [-0.39, 0.29) is 18.1 Å². The Morgan fingerprint density at radius 1 is 1.09 bits per heavy atom. The van der Waals surface area contributed by atoms with Crippen molar-refractivity contribution in [1.82, 2.24) is 10.2 Å². The average Bonchev–Trinajstić information content (AvgIpc) is 2.84. The van der Waals surface area contributed by atoms with Crippen LogP contribution in [-0.4, -0.2) is 71.3 Å². The second-order valence-corrected chi connectivity index (χ2v) is 9.66. The molecule has 1 aliphatic rings. The van der Waals surface area contributed by atoms with Crippen molar-refractivity contribution in [3.8, 4) is 17.2 Å². The Bertz CT molecular complexity index is 1140. The molecule has 1 aliphatic heterocycles. The summed E-state index contributed by atoms with van der Waals surface area (Å²) in [5.74, 6) is 0.657. The van der Waals surface area contributed by atoms with Gasteiger partial charge in [-0.1, -0.05) is 12.1 Å². The van der Waals surface area contributed by atoms with Crippen molar-refractivity contribution < 1.29 is 32.2 Å². The molecule has 1 N–H and O–H groups in total. The molecule has 34 heavy (non-hydrogen) atoms. The number of anilines is 1. The number of hydrogen-bond donors (Lipinski definition) is 1. The Labute approximate surface area is 199 Å². The highest BCUT2D eigenvalue weighted by atomic mass is 32.2. The van der Waals surface area contributed by atoms with Crippen molar-refractivity contribution >= 4 is 27.5 Å². The molecule has 0 fully saturated rings. The van der Waals surface area contributed by atoms with E-state index >= 15 is 0 Å². The van der Waals surface area contributed by atoms with Crippen LogP contribution >= 0.6 is 0 Å². The Kier molecular flexibility index (Phi) is 7.87. The summed E-state index contributed by atoms with van der Waals surface area (Å²) in [7, 11) is -0.803. The van der Waals surface area contributed by atoms with Gasteiger partial charge in [0, 0.05) is 19.7 Å². The predicted molar refractivity (Wildman–Crippen MR) is 127 cm³/mol. The Hall–Kier alpha value is -3.47. The Morgan fingerprint density at radius 3 is 2.32 bits per heavy atom. The van der Waals surface area contributed by atoms with E-state index in [1.54, 1.807) is 50.4 Å². The summed E-state index contributed by atoms with van der Waals surface area (Å²) < 4.78 is 42.5. The zero-order chi connectivity index (χ0) is 24.9. The van der Waals surface area contributed by atoms with E-state index in [1.165, 1.54) is 18.0 Å². The normalized spacial score (nSPS) is 13.5. The number of nitrogens with one attached hydrogen (secondary N) is 1. The molecule has 0 spiro atoms. The quantitative estimate of drug-likeness (QED) is 0.564. The monoisotopic (exact) mass is 491 g/mol. The Balaban J connectivity index is 1.90. The average molecular weight is 492 g/mol. The van der Waals surface area contributed by atoms with Gasteiger partial charge in [-0.05, 0) is 36.8 Å². The van der Waals surface area contributed by atoms with Crippen LogP contribution < -0.4 is 23.8 Å². The molecule has 2 amide bonds. The first-order valence-corrected chi connectivity index (χ1v) is 12.5. The van der Waals surface area contributed by atoms with Crippen molar-refractivity contribution in [3.63, 3.8) is 0 Å². The fourth-order valence-electron chi connectivity index (χ4n) is 3.52. The lowest BCUT2D eigenvalue weighted by atomic mass is 10.1. The van der Waals surface area contributed by atoms with Crippen LogP contribution in [0.1, 0.15) is 12.5 Å². The van der Waals surface area contributed by atoms with Gasteiger partial charge in [-0.2, -0.15) is 0 Å². The number of likely N-dealkylation sites (N-methyl/N-ethyl adjacent to an activating group) is 1. The minimum absolute atomic E-state index is 0.107. The third-order valence-electron chi connectivity index (χ3n) is 5.42. The van der Waals surface area contributed by atoms with Gasteiger partial charge in [0.2, 0.25) is 21.8 Å². The molecule has 0 saturated carbocycles. The maximum atomic E-state index is 13.4. The van der Waals surface area contributed by atoms with Crippen LogP contribution in [-0.2, 0) is 26.2 Å². The van der Waals surface area contributed by atoms with Crippen molar-refractivity contribution in [3.05, 3.63) is 48.0 Å². The molecule has 10 nitrogen and oxygen atoms in total. The van der Waals surface area contributed by atoms with E-state index in [9.17, 15) is 18.0 Å². The first-order valence-electron chi connectivity index (χ1n) is 10.7. The molecule has 0 saturated heterocycles.